The summed E-state index contributed by atoms with van der Waals surface area (Å²) in [5.74, 6) is -1.66. The Bertz CT molecular complexity index is 698. The summed E-state index contributed by atoms with van der Waals surface area (Å²) >= 11 is 0. The smallest absolute Gasteiger partial charge is 0.346 e. The highest BCUT2D eigenvalue weighted by atomic mass is 19.1. The molecule has 0 spiro atoms. The van der Waals surface area contributed by atoms with Crippen molar-refractivity contribution in [3.05, 3.63) is 46.1 Å². The van der Waals surface area contributed by atoms with Gasteiger partial charge >= 0.3 is 5.97 Å². The fourth-order valence-electron chi connectivity index (χ4n) is 1.58. The Balaban J connectivity index is 2.50. The summed E-state index contributed by atoms with van der Waals surface area (Å²) in [6.07, 6.45) is 0.645. The van der Waals surface area contributed by atoms with E-state index in [-0.39, 0.29) is 5.69 Å². The molecule has 0 aliphatic carbocycles. The molecule has 0 saturated heterocycles. The van der Waals surface area contributed by atoms with Crippen molar-refractivity contribution in [1.29, 1.82) is 0 Å². The monoisotopic (exact) mass is 263 g/mol. The summed E-state index contributed by atoms with van der Waals surface area (Å²) < 4.78 is 14.0. The molecule has 1 heterocycles. The maximum Gasteiger partial charge on any atom is 0.346 e. The van der Waals surface area contributed by atoms with E-state index >= 15 is 0 Å². The Labute approximate surface area is 106 Å². The topological polar surface area (TPSA) is 87.5 Å². The zero-order valence-electron chi connectivity index (χ0n) is 9.92. The summed E-state index contributed by atoms with van der Waals surface area (Å²) in [5.41, 5.74) is 0.367. The standard InChI is InChI=1S/C12H10FN3O3/c1-7-11(14-6-10(17)18)12(19)16(15-7)9-4-2-8(13)3-5-9/h2-6,15H,1H3,(H,17,18). The summed E-state index contributed by atoms with van der Waals surface area (Å²) in [6, 6.07) is 5.30. The SMILES string of the molecule is Cc1[nH]n(-c2ccc(F)cc2)c(=O)c1N=CC(=O)O. The second kappa shape index (κ2) is 4.89. The van der Waals surface area contributed by atoms with Crippen LogP contribution in [0.4, 0.5) is 10.1 Å². The number of hydrogen-bond acceptors (Lipinski definition) is 3. The highest BCUT2D eigenvalue weighted by Gasteiger charge is 2.11. The number of carboxylic acids is 1. The van der Waals surface area contributed by atoms with E-state index in [9.17, 15) is 14.0 Å². The average Bonchev–Trinajstić information content (AvgIpc) is 2.63. The zero-order valence-corrected chi connectivity index (χ0v) is 9.92. The maximum atomic E-state index is 12.8. The molecule has 0 aliphatic heterocycles. The second-order valence-electron chi connectivity index (χ2n) is 3.80. The van der Waals surface area contributed by atoms with E-state index in [0.29, 0.717) is 17.6 Å². The Morgan fingerprint density at radius 2 is 2.05 bits per heavy atom. The van der Waals surface area contributed by atoms with Gasteiger partial charge in [-0.1, -0.05) is 0 Å². The number of halogens is 1. The molecular formula is C12H10FN3O3. The summed E-state index contributed by atoms with van der Waals surface area (Å²) in [7, 11) is 0. The summed E-state index contributed by atoms with van der Waals surface area (Å²) in [4.78, 5) is 26.0. The number of rotatable bonds is 3. The van der Waals surface area contributed by atoms with Crippen molar-refractivity contribution in [3.8, 4) is 5.69 Å². The molecule has 0 bridgehead atoms. The number of benzene rings is 1. The lowest BCUT2D eigenvalue weighted by Gasteiger charge is -2.00. The first-order valence-electron chi connectivity index (χ1n) is 5.33. The number of nitrogens with zero attached hydrogens (tertiary/aromatic N) is 2. The first-order valence-corrected chi connectivity index (χ1v) is 5.33. The molecule has 0 atom stereocenters. The zero-order chi connectivity index (χ0) is 14.0. The number of hydrogen-bond donors (Lipinski definition) is 2. The van der Waals surface area contributed by atoms with E-state index in [1.165, 1.54) is 28.9 Å². The van der Waals surface area contributed by atoms with Gasteiger partial charge in [0.25, 0.3) is 5.56 Å². The highest BCUT2D eigenvalue weighted by Crippen LogP contribution is 2.13. The van der Waals surface area contributed by atoms with Gasteiger partial charge in [-0.25, -0.2) is 18.9 Å². The number of nitrogens with one attached hydrogen (secondary N) is 1. The Kier molecular flexibility index (Phi) is 3.28. The molecule has 0 fully saturated rings. The van der Waals surface area contributed by atoms with Crippen molar-refractivity contribution in [1.82, 2.24) is 9.78 Å². The normalized spacial score (nSPS) is 11.1. The van der Waals surface area contributed by atoms with E-state index in [1.54, 1.807) is 6.92 Å². The minimum Gasteiger partial charge on any atom is -0.477 e. The van der Waals surface area contributed by atoms with Gasteiger partial charge in [-0.15, -0.1) is 0 Å². The maximum absolute atomic E-state index is 12.8. The molecule has 2 N–H and O–H groups in total. The van der Waals surface area contributed by atoms with Crippen LogP contribution in [0.1, 0.15) is 5.69 Å². The van der Waals surface area contributed by atoms with E-state index < -0.39 is 17.3 Å². The van der Waals surface area contributed by atoms with Gasteiger partial charge in [-0.05, 0) is 31.2 Å². The van der Waals surface area contributed by atoms with Crippen LogP contribution in [0.25, 0.3) is 5.69 Å². The predicted molar refractivity (Wildman–Crippen MR) is 66.9 cm³/mol. The van der Waals surface area contributed by atoms with Crippen molar-refractivity contribution in [2.45, 2.75) is 6.92 Å². The van der Waals surface area contributed by atoms with Crippen molar-refractivity contribution in [2.24, 2.45) is 4.99 Å². The molecular weight excluding hydrogens is 253 g/mol. The van der Waals surface area contributed by atoms with Crippen molar-refractivity contribution in [3.63, 3.8) is 0 Å². The van der Waals surface area contributed by atoms with Crippen LogP contribution in [0.2, 0.25) is 0 Å². The van der Waals surface area contributed by atoms with E-state index in [0.717, 1.165) is 0 Å². The van der Waals surface area contributed by atoms with E-state index in [1.807, 2.05) is 0 Å². The molecule has 0 radical (unpaired) electrons. The third kappa shape index (κ3) is 2.59. The molecule has 0 amide bonds. The predicted octanol–water partition coefficient (Wildman–Crippen LogP) is 1.40. The minimum absolute atomic E-state index is 0.00623. The molecule has 0 aliphatic rings. The van der Waals surface area contributed by atoms with Crippen LogP contribution in [-0.2, 0) is 4.79 Å². The van der Waals surface area contributed by atoms with Gasteiger partial charge in [0.1, 0.15) is 12.0 Å². The van der Waals surface area contributed by atoms with Crippen LogP contribution >= 0.6 is 0 Å². The lowest BCUT2D eigenvalue weighted by Crippen LogP contribution is -2.14. The van der Waals surface area contributed by atoms with Crippen molar-refractivity contribution in [2.75, 3.05) is 0 Å². The fraction of sp³-hybridized carbons (Fsp3) is 0.0833. The largest absolute Gasteiger partial charge is 0.477 e. The summed E-state index contributed by atoms with van der Waals surface area (Å²) in [5, 5.41) is 11.2. The third-order valence-corrected chi connectivity index (χ3v) is 2.43. The van der Waals surface area contributed by atoms with Crippen LogP contribution in [0.15, 0.2) is 34.1 Å². The van der Waals surface area contributed by atoms with Gasteiger partial charge in [0.2, 0.25) is 0 Å². The van der Waals surface area contributed by atoms with Gasteiger partial charge in [0, 0.05) is 0 Å². The first-order chi connectivity index (χ1) is 8.99. The molecule has 7 heteroatoms. The lowest BCUT2D eigenvalue weighted by molar-refractivity contribution is -0.128. The quantitative estimate of drug-likeness (QED) is 0.820. The van der Waals surface area contributed by atoms with Crippen LogP contribution in [-0.4, -0.2) is 27.1 Å². The number of aryl methyl sites for hydroxylation is 1. The van der Waals surface area contributed by atoms with Crippen LogP contribution < -0.4 is 5.56 Å². The van der Waals surface area contributed by atoms with Crippen molar-refractivity contribution >= 4 is 17.9 Å². The molecule has 6 nitrogen and oxygen atoms in total. The van der Waals surface area contributed by atoms with Gasteiger partial charge in [-0.3, -0.25) is 9.89 Å². The molecule has 19 heavy (non-hydrogen) atoms. The molecule has 0 unspecified atom stereocenters. The highest BCUT2D eigenvalue weighted by molar-refractivity contribution is 6.22. The lowest BCUT2D eigenvalue weighted by atomic mass is 10.3. The molecule has 2 rings (SSSR count). The average molecular weight is 263 g/mol. The summed E-state index contributed by atoms with van der Waals surface area (Å²) in [6.45, 7) is 1.59. The molecule has 1 aromatic carbocycles. The molecule has 1 aromatic heterocycles. The van der Waals surface area contributed by atoms with Crippen LogP contribution in [0.5, 0.6) is 0 Å². The Morgan fingerprint density at radius 3 is 2.63 bits per heavy atom. The number of aromatic nitrogens is 2. The number of carboxylic acid groups (broad SMARTS) is 1. The molecule has 98 valence electrons. The molecule has 0 saturated carbocycles. The van der Waals surface area contributed by atoms with Crippen LogP contribution in [0, 0.1) is 12.7 Å². The fourth-order valence-corrected chi connectivity index (χ4v) is 1.58. The molecule has 2 aromatic rings. The van der Waals surface area contributed by atoms with Gasteiger partial charge < -0.3 is 5.11 Å². The van der Waals surface area contributed by atoms with Crippen molar-refractivity contribution < 1.29 is 14.3 Å². The second-order valence-corrected chi connectivity index (χ2v) is 3.80. The Morgan fingerprint density at radius 1 is 1.42 bits per heavy atom. The number of aliphatic imine (C=N–C) groups is 1. The van der Waals surface area contributed by atoms with Gasteiger partial charge in [-0.2, -0.15) is 0 Å². The number of carbonyl (C=O) groups is 1. The number of H-pyrrole nitrogens is 1. The van der Waals surface area contributed by atoms with Gasteiger partial charge in [0.15, 0.2) is 5.69 Å². The van der Waals surface area contributed by atoms with Gasteiger partial charge in [0.05, 0.1) is 11.4 Å². The third-order valence-electron chi connectivity index (χ3n) is 2.43. The minimum atomic E-state index is -1.24. The first kappa shape index (κ1) is 12.7. The van der Waals surface area contributed by atoms with Crippen LogP contribution in [0.3, 0.4) is 0 Å². The van der Waals surface area contributed by atoms with E-state index in [2.05, 4.69) is 10.1 Å². The Hall–Kier alpha value is -2.70. The number of aromatic amines is 1. The van der Waals surface area contributed by atoms with E-state index in [4.69, 9.17) is 5.11 Å². The number of aliphatic carboxylic acids is 1.